The zero-order chi connectivity index (χ0) is 15.4. The first-order valence-electron chi connectivity index (χ1n) is 6.64. The van der Waals surface area contributed by atoms with Crippen molar-refractivity contribution in [2.75, 3.05) is 5.75 Å². The van der Waals surface area contributed by atoms with Gasteiger partial charge in [0.2, 0.25) is 0 Å². The molecule has 2 rings (SSSR count). The smallest absolute Gasteiger partial charge is 0.309 e. The number of hydrogen-bond acceptors (Lipinski definition) is 4. The van der Waals surface area contributed by atoms with Crippen LogP contribution in [0.15, 0.2) is 39.0 Å². The second-order valence-electron chi connectivity index (χ2n) is 4.44. The second-order valence-corrected chi connectivity index (χ2v) is 5.43. The van der Waals surface area contributed by atoms with E-state index in [0.717, 1.165) is 10.9 Å². The summed E-state index contributed by atoms with van der Waals surface area (Å²) in [7, 11) is 1.61. The monoisotopic (exact) mass is 306 g/mol. The highest BCUT2D eigenvalue weighted by molar-refractivity contribution is 7.99. The summed E-state index contributed by atoms with van der Waals surface area (Å²) < 4.78 is 3.20. The van der Waals surface area contributed by atoms with Gasteiger partial charge < -0.3 is 4.57 Å². The number of aromatic amines is 1. The standard InChI is InChI=1S/C14H18N4O2S/c1-4-6-8-18-10-11(15-14(18)21-9-7-5-2)17(3)13(20)16-12(10)19/h4-7H,8-9H2,1-3H3,(H,16,19,20)/b6-4-,7-5-. The topological polar surface area (TPSA) is 72.7 Å². The lowest BCUT2D eigenvalue weighted by atomic mass is 10.4. The summed E-state index contributed by atoms with van der Waals surface area (Å²) in [4.78, 5) is 30.6. The second kappa shape index (κ2) is 6.62. The first-order valence-corrected chi connectivity index (χ1v) is 7.63. The number of nitrogens with zero attached hydrogens (tertiary/aromatic N) is 3. The summed E-state index contributed by atoms with van der Waals surface area (Å²) >= 11 is 1.53. The van der Waals surface area contributed by atoms with Crippen molar-refractivity contribution in [2.24, 2.45) is 7.05 Å². The third kappa shape index (κ3) is 3.02. The number of nitrogens with one attached hydrogen (secondary N) is 1. The van der Waals surface area contributed by atoms with Crippen LogP contribution in [0.1, 0.15) is 13.8 Å². The average Bonchev–Trinajstić information content (AvgIpc) is 2.82. The lowest BCUT2D eigenvalue weighted by molar-refractivity contribution is 0.744. The van der Waals surface area contributed by atoms with E-state index >= 15 is 0 Å². The van der Waals surface area contributed by atoms with Crippen LogP contribution < -0.4 is 11.2 Å². The van der Waals surface area contributed by atoms with Crippen molar-refractivity contribution in [2.45, 2.75) is 25.5 Å². The van der Waals surface area contributed by atoms with Gasteiger partial charge in [-0.1, -0.05) is 36.1 Å². The molecule has 0 radical (unpaired) electrons. The summed E-state index contributed by atoms with van der Waals surface area (Å²) in [5.41, 5.74) is -0.00872. The number of aryl methyl sites for hydroxylation is 1. The molecule has 0 aliphatic heterocycles. The molecule has 2 aromatic heterocycles. The molecule has 1 N–H and O–H groups in total. The number of thioether (sulfide) groups is 1. The predicted octanol–water partition coefficient (Wildman–Crippen LogP) is 1.67. The Balaban J connectivity index is 2.66. The third-order valence-corrected chi connectivity index (χ3v) is 3.97. The molecule has 0 spiro atoms. The lowest BCUT2D eigenvalue weighted by Gasteiger charge is -2.04. The molecule has 0 aromatic carbocycles. The Morgan fingerprint density at radius 3 is 2.62 bits per heavy atom. The van der Waals surface area contributed by atoms with Crippen LogP contribution in [0.25, 0.3) is 11.2 Å². The van der Waals surface area contributed by atoms with Gasteiger partial charge in [0.25, 0.3) is 5.56 Å². The van der Waals surface area contributed by atoms with Crippen LogP contribution in [0.5, 0.6) is 0 Å². The van der Waals surface area contributed by atoms with E-state index in [1.807, 2.05) is 42.7 Å². The van der Waals surface area contributed by atoms with E-state index < -0.39 is 11.2 Å². The molecule has 6 nitrogen and oxygen atoms in total. The van der Waals surface area contributed by atoms with Crippen molar-refractivity contribution < 1.29 is 0 Å². The third-order valence-electron chi connectivity index (χ3n) is 3.04. The number of aromatic nitrogens is 4. The summed E-state index contributed by atoms with van der Waals surface area (Å²) in [5, 5.41) is 0.730. The van der Waals surface area contributed by atoms with Crippen LogP contribution in [0.4, 0.5) is 0 Å². The molecular weight excluding hydrogens is 288 g/mol. The van der Waals surface area contributed by atoms with Crippen molar-refractivity contribution in [3.05, 3.63) is 45.1 Å². The summed E-state index contributed by atoms with van der Waals surface area (Å²) in [5.74, 6) is 0.765. The van der Waals surface area contributed by atoms with Crippen molar-refractivity contribution in [1.29, 1.82) is 0 Å². The largest absolute Gasteiger partial charge is 0.329 e. The molecule has 7 heteroatoms. The Morgan fingerprint density at radius 2 is 1.95 bits per heavy atom. The average molecular weight is 306 g/mol. The Morgan fingerprint density at radius 1 is 1.24 bits per heavy atom. The molecule has 0 aliphatic rings. The van der Waals surface area contributed by atoms with Crippen molar-refractivity contribution in [1.82, 2.24) is 19.1 Å². The number of H-pyrrole nitrogens is 1. The van der Waals surface area contributed by atoms with Crippen molar-refractivity contribution >= 4 is 22.9 Å². The van der Waals surface area contributed by atoms with Gasteiger partial charge >= 0.3 is 5.69 Å². The molecule has 0 saturated carbocycles. The fourth-order valence-corrected chi connectivity index (χ4v) is 2.83. The van der Waals surface area contributed by atoms with Crippen LogP contribution in [0.2, 0.25) is 0 Å². The van der Waals surface area contributed by atoms with Crippen molar-refractivity contribution in [3.63, 3.8) is 0 Å². The maximum Gasteiger partial charge on any atom is 0.329 e. The number of rotatable bonds is 5. The summed E-state index contributed by atoms with van der Waals surface area (Å²) in [6.07, 6.45) is 7.86. The molecule has 0 unspecified atom stereocenters. The van der Waals surface area contributed by atoms with Crippen LogP contribution >= 0.6 is 11.8 Å². The zero-order valence-corrected chi connectivity index (χ0v) is 13.1. The molecule has 0 atom stereocenters. The molecule has 0 amide bonds. The molecule has 0 aliphatic carbocycles. The van der Waals surface area contributed by atoms with Crippen molar-refractivity contribution in [3.8, 4) is 0 Å². The quantitative estimate of drug-likeness (QED) is 0.673. The van der Waals surface area contributed by atoms with Gasteiger partial charge in [-0.2, -0.15) is 0 Å². The first kappa shape index (κ1) is 15.4. The van der Waals surface area contributed by atoms with Crippen LogP contribution in [-0.4, -0.2) is 24.9 Å². The van der Waals surface area contributed by atoms with E-state index in [-0.39, 0.29) is 0 Å². The molecule has 112 valence electrons. The number of hydrogen-bond donors (Lipinski definition) is 1. The Bertz CT molecular complexity index is 811. The minimum absolute atomic E-state index is 0.400. The van der Waals surface area contributed by atoms with Gasteiger partial charge in [0.05, 0.1) is 0 Å². The van der Waals surface area contributed by atoms with E-state index in [1.165, 1.54) is 16.3 Å². The Kier molecular flexibility index (Phi) is 4.85. The zero-order valence-electron chi connectivity index (χ0n) is 12.3. The Labute approximate surface area is 126 Å². The predicted molar refractivity (Wildman–Crippen MR) is 85.9 cm³/mol. The van der Waals surface area contributed by atoms with Crippen LogP contribution in [-0.2, 0) is 13.6 Å². The summed E-state index contributed by atoms with van der Waals surface area (Å²) in [6.45, 7) is 4.43. The number of fused-ring (bicyclic) bond motifs is 1. The van der Waals surface area contributed by atoms with Gasteiger partial charge in [-0.25, -0.2) is 9.78 Å². The van der Waals surface area contributed by atoms with Gasteiger partial charge in [0.1, 0.15) is 0 Å². The normalized spacial score (nSPS) is 12.1. The first-order chi connectivity index (χ1) is 10.1. The van der Waals surface area contributed by atoms with Crippen LogP contribution in [0, 0.1) is 0 Å². The van der Waals surface area contributed by atoms with E-state index in [0.29, 0.717) is 17.7 Å². The lowest BCUT2D eigenvalue weighted by Crippen LogP contribution is -2.29. The fraction of sp³-hybridized carbons (Fsp3) is 0.357. The molecule has 0 fully saturated rings. The molecule has 2 aromatic rings. The van der Waals surface area contributed by atoms with E-state index in [2.05, 4.69) is 9.97 Å². The number of imidazole rings is 1. The van der Waals surface area contributed by atoms with E-state index in [4.69, 9.17) is 0 Å². The van der Waals surface area contributed by atoms with Gasteiger partial charge in [0, 0.05) is 19.3 Å². The van der Waals surface area contributed by atoms with Gasteiger partial charge in [-0.3, -0.25) is 14.3 Å². The highest BCUT2D eigenvalue weighted by Crippen LogP contribution is 2.21. The summed E-state index contributed by atoms with van der Waals surface area (Å²) in [6, 6.07) is 0. The minimum Gasteiger partial charge on any atom is -0.309 e. The minimum atomic E-state index is -0.451. The van der Waals surface area contributed by atoms with Gasteiger partial charge in [0.15, 0.2) is 16.3 Å². The van der Waals surface area contributed by atoms with Crippen LogP contribution in [0.3, 0.4) is 0 Å². The SMILES string of the molecule is C/C=C\CSc1nc2c(c(=O)[nH]c(=O)n2C)n1C/C=C\C. The highest BCUT2D eigenvalue weighted by Gasteiger charge is 2.16. The molecule has 0 saturated heterocycles. The fourth-order valence-electron chi connectivity index (χ4n) is 1.92. The van der Waals surface area contributed by atoms with Gasteiger partial charge in [-0.15, -0.1) is 0 Å². The molecule has 2 heterocycles. The number of allylic oxidation sites excluding steroid dienone is 3. The maximum atomic E-state index is 12.1. The highest BCUT2D eigenvalue weighted by atomic mass is 32.2. The van der Waals surface area contributed by atoms with E-state index in [1.54, 1.807) is 7.05 Å². The van der Waals surface area contributed by atoms with E-state index in [9.17, 15) is 9.59 Å². The van der Waals surface area contributed by atoms with Gasteiger partial charge in [-0.05, 0) is 13.8 Å². The maximum absolute atomic E-state index is 12.1. The Hall–Kier alpha value is -2.02. The molecule has 21 heavy (non-hydrogen) atoms. The molecular formula is C14H18N4O2S. The molecule has 0 bridgehead atoms.